The second-order valence-corrected chi connectivity index (χ2v) is 30.0. The Labute approximate surface area is 679 Å². The Morgan fingerprint density at radius 1 is 0.393 bits per heavy atom. The fourth-order valence-corrected chi connectivity index (χ4v) is 12.8. The van der Waals surface area contributed by atoms with Crippen LogP contribution in [0.3, 0.4) is 0 Å². The molecule has 0 aliphatic rings. The van der Waals surface area contributed by atoms with E-state index in [2.05, 4.69) is 92.9 Å². The van der Waals surface area contributed by atoms with Gasteiger partial charge in [0.15, 0.2) is 0 Å². The fourth-order valence-electron chi connectivity index (χ4n) is 12.8. The number of hydrogen-bond acceptors (Lipinski definition) is 20. The van der Waals surface area contributed by atoms with E-state index < -0.39 is 188 Å². The number of H-pyrrole nitrogens is 2. The molecule has 3 aromatic carbocycles. The Bertz CT molecular complexity index is 4150. The van der Waals surface area contributed by atoms with Crippen molar-refractivity contribution in [2.45, 2.75) is 211 Å². The number of aliphatic hydroxyl groups excluding tert-OH is 1. The Balaban J connectivity index is 1.36. The number of hydrogen-bond donors (Lipinski definition) is 22. The van der Waals surface area contributed by atoms with E-state index in [0.717, 1.165) is 19.3 Å². The molecule has 27 N–H and O–H groups in total. The standard InChI is InChI=1S/C80H120N20O17/c1-7-47(6)70(80(117)99-63(38-65(84)103)72(109)89-42-68(106)88-41-66(85)104)100-78(115)59(34-46(4)5)95-77(114)62(37-50-40-87-55-22-14-12-20-53(50)55)97-73(110)57(24-16-32-82)91-69(107)43-90-71(108)56(23-15-31-81)93-74(111)58(25-17-33-83)94-76(113)61(36-49-39-86-54-21-13-11-19-52(49)54)98-75(112)60(35-48-27-29-51(102)30-28-48)96-79(116)64(44-101)92-67(105)26-10-8-9-18-45(2)3/h11-14,19-22,27-30,39-40,45-47,56-64,70,86-87,101-102H,7-10,15-18,23-26,31-38,41-44,81-83H2,1-6H3,(H2,84,103)(H2,85,104)(H,88,106)(H,89,109)(H,90,108)(H,91,107)(H,92,105)(H,93,111)(H,94,113)(H,95,114)(H,96,116)(H,97,110)(H,98,112)(H,99,117)(H,100,115)/t47-,56-,57+,58+,59-,60+,61+,62-,63-,64+,70-/m0/s1. The first-order chi connectivity index (χ1) is 55.8. The second kappa shape index (κ2) is 50.0. The fraction of sp³-hybridized carbons (Fsp3) is 0.537. The van der Waals surface area contributed by atoms with E-state index >= 15 is 0 Å². The molecule has 0 fully saturated rings. The molecule has 5 rings (SSSR count). The van der Waals surface area contributed by atoms with Crippen LogP contribution < -0.4 is 97.8 Å². The molecular weight excluding hydrogens is 1510 g/mol. The number of fused-ring (bicyclic) bond motifs is 2. The van der Waals surface area contributed by atoms with Crippen LogP contribution in [-0.2, 0) is 91.2 Å². The molecule has 0 saturated carbocycles. The molecule has 11 atom stereocenters. The minimum atomic E-state index is -1.64. The molecule has 0 radical (unpaired) electrons. The predicted molar refractivity (Wildman–Crippen MR) is 436 cm³/mol. The van der Waals surface area contributed by atoms with Gasteiger partial charge in [0.2, 0.25) is 88.6 Å². The number of carbonyl (C=O) groups is 15. The van der Waals surface area contributed by atoms with Gasteiger partial charge in [-0.25, -0.2) is 0 Å². The monoisotopic (exact) mass is 1630 g/mol. The number of para-hydroxylation sites is 2. The first kappa shape index (κ1) is 96.0. The Morgan fingerprint density at radius 2 is 0.821 bits per heavy atom. The second-order valence-electron chi connectivity index (χ2n) is 30.0. The number of carbonyl (C=O) groups excluding carboxylic acids is 15. The summed E-state index contributed by atoms with van der Waals surface area (Å²) in [5.41, 5.74) is 31.3. The van der Waals surface area contributed by atoms with Gasteiger partial charge in [-0.1, -0.05) is 116 Å². The van der Waals surface area contributed by atoms with Crippen molar-refractivity contribution in [3.63, 3.8) is 0 Å². The van der Waals surface area contributed by atoms with E-state index in [-0.39, 0.29) is 108 Å². The number of aromatic amines is 2. The molecule has 37 heteroatoms. The van der Waals surface area contributed by atoms with Gasteiger partial charge >= 0.3 is 0 Å². The lowest BCUT2D eigenvalue weighted by Crippen LogP contribution is -2.61. The summed E-state index contributed by atoms with van der Waals surface area (Å²) in [4.78, 5) is 213. The zero-order chi connectivity index (χ0) is 86.3. The molecule has 0 aliphatic heterocycles. The number of primary amides is 2. The van der Waals surface area contributed by atoms with Crippen LogP contribution in [0.1, 0.15) is 148 Å². The molecule has 0 bridgehead atoms. The van der Waals surface area contributed by atoms with Gasteiger partial charge in [-0.15, -0.1) is 0 Å². The third kappa shape index (κ3) is 33.3. The largest absolute Gasteiger partial charge is 0.508 e. The quantitative estimate of drug-likeness (QED) is 0.0185. The van der Waals surface area contributed by atoms with Crippen LogP contribution >= 0.6 is 0 Å². The molecule has 0 saturated heterocycles. The van der Waals surface area contributed by atoms with Crippen LogP contribution in [0.25, 0.3) is 21.8 Å². The maximum Gasteiger partial charge on any atom is 0.245 e. The van der Waals surface area contributed by atoms with Crippen molar-refractivity contribution in [2.75, 3.05) is 45.9 Å². The number of aromatic hydroxyl groups is 1. The zero-order valence-electron chi connectivity index (χ0n) is 67.5. The van der Waals surface area contributed by atoms with Crippen LogP contribution in [0.5, 0.6) is 5.75 Å². The molecule has 117 heavy (non-hydrogen) atoms. The van der Waals surface area contributed by atoms with E-state index in [1.807, 2.05) is 0 Å². The number of phenolic OH excluding ortho intramolecular Hbond substituents is 1. The summed E-state index contributed by atoms with van der Waals surface area (Å²) in [6.45, 7) is 8.41. The van der Waals surface area contributed by atoms with Gasteiger partial charge < -0.3 is 118 Å². The van der Waals surface area contributed by atoms with E-state index in [4.69, 9.17) is 28.7 Å². The van der Waals surface area contributed by atoms with E-state index in [1.54, 1.807) is 88.6 Å². The molecular formula is C80H120N20O17. The smallest absolute Gasteiger partial charge is 0.245 e. The van der Waals surface area contributed by atoms with Gasteiger partial charge in [0.1, 0.15) is 66.2 Å². The van der Waals surface area contributed by atoms with Crippen molar-refractivity contribution in [1.82, 2.24) is 79.1 Å². The first-order valence-corrected chi connectivity index (χ1v) is 39.8. The summed E-state index contributed by atoms with van der Waals surface area (Å²) in [5.74, 6) is -13.6. The SMILES string of the molecule is CC[C@H](C)[C@H](NC(=O)[C@H](CC(C)C)NC(=O)[C@H](Cc1c[nH]c2ccccc12)NC(=O)[C@@H](CCCN)NC(=O)CNC(=O)[C@H](CCCN)NC(=O)[C@@H](CCCN)NC(=O)[C@@H](Cc1c[nH]c2ccccc12)NC(=O)[C@@H](Cc1ccc(O)cc1)NC(=O)[C@@H](CO)NC(=O)CCCCCC(C)C)C(=O)N[C@@H](CC(N)=O)C(=O)NCC(=O)NCC(N)=O. The number of nitrogens with one attached hydrogen (secondary N) is 15. The zero-order valence-corrected chi connectivity index (χ0v) is 67.5. The maximum atomic E-state index is 15.0. The molecule has 0 unspecified atom stereocenters. The minimum Gasteiger partial charge on any atom is -0.508 e. The Hall–Kier alpha value is -11.6. The van der Waals surface area contributed by atoms with E-state index in [0.29, 0.717) is 50.8 Å². The maximum absolute atomic E-state index is 15.0. The van der Waals surface area contributed by atoms with Crippen LogP contribution in [0.15, 0.2) is 85.2 Å². The molecule has 0 spiro atoms. The highest BCUT2D eigenvalue weighted by molar-refractivity contribution is 6.01. The molecule has 2 heterocycles. The Kier molecular flexibility index (Phi) is 41.1. The van der Waals surface area contributed by atoms with Gasteiger partial charge in [-0.2, -0.15) is 0 Å². The summed E-state index contributed by atoms with van der Waals surface area (Å²) >= 11 is 0. The highest BCUT2D eigenvalue weighted by Gasteiger charge is 2.38. The van der Waals surface area contributed by atoms with Gasteiger partial charge in [-0.3, -0.25) is 71.9 Å². The van der Waals surface area contributed by atoms with Crippen molar-refractivity contribution in [3.8, 4) is 5.75 Å². The number of phenols is 1. The highest BCUT2D eigenvalue weighted by atomic mass is 16.3. The number of nitrogens with two attached hydrogens (primary N) is 5. The topological polar surface area (TPSA) is 615 Å². The number of unbranched alkanes of at least 4 members (excludes halogenated alkanes) is 2. The van der Waals surface area contributed by atoms with E-state index in [1.165, 1.54) is 24.3 Å². The molecule has 642 valence electrons. The number of benzene rings is 3. The van der Waals surface area contributed by atoms with Gasteiger partial charge in [0, 0.05) is 59.9 Å². The lowest BCUT2D eigenvalue weighted by molar-refractivity contribution is -0.136. The molecule has 37 nitrogen and oxygen atoms in total. The van der Waals surface area contributed by atoms with E-state index in [9.17, 15) is 82.1 Å². The lowest BCUT2D eigenvalue weighted by Gasteiger charge is -2.29. The number of aromatic nitrogens is 2. The van der Waals surface area contributed by atoms with Crippen molar-refractivity contribution in [3.05, 3.63) is 102 Å². The number of rotatable bonds is 54. The molecule has 5 aromatic rings. The Morgan fingerprint density at radius 3 is 1.30 bits per heavy atom. The summed E-state index contributed by atoms with van der Waals surface area (Å²) < 4.78 is 0. The summed E-state index contributed by atoms with van der Waals surface area (Å²) in [5, 5.41) is 55.4. The van der Waals surface area contributed by atoms with Gasteiger partial charge in [0.25, 0.3) is 0 Å². The molecule has 15 amide bonds. The minimum absolute atomic E-state index is 0.0167. The highest BCUT2D eigenvalue weighted by Crippen LogP contribution is 2.23. The van der Waals surface area contributed by atoms with Crippen LogP contribution in [-0.4, -0.2) is 215 Å². The summed E-state index contributed by atoms with van der Waals surface area (Å²) in [6.07, 6.45) is 5.76. The average molecular weight is 1630 g/mol. The van der Waals surface area contributed by atoms with Crippen LogP contribution in [0, 0.1) is 17.8 Å². The molecule has 2 aromatic heterocycles. The third-order valence-electron chi connectivity index (χ3n) is 19.5. The van der Waals surface area contributed by atoms with Gasteiger partial charge in [0.05, 0.1) is 32.7 Å². The first-order valence-electron chi connectivity index (χ1n) is 39.8. The number of amides is 15. The lowest BCUT2D eigenvalue weighted by atomic mass is 9.96. The summed E-state index contributed by atoms with van der Waals surface area (Å²) in [7, 11) is 0. The third-order valence-corrected chi connectivity index (χ3v) is 19.5. The van der Waals surface area contributed by atoms with Crippen molar-refractivity contribution >= 4 is 110 Å². The average Bonchev–Trinajstić information content (AvgIpc) is 1.27. The van der Waals surface area contributed by atoms with Crippen molar-refractivity contribution in [2.24, 2.45) is 46.4 Å². The number of aliphatic hydroxyl groups is 1. The van der Waals surface area contributed by atoms with Gasteiger partial charge in [-0.05, 0) is 130 Å². The van der Waals surface area contributed by atoms with Crippen molar-refractivity contribution in [1.29, 1.82) is 0 Å². The van der Waals surface area contributed by atoms with Crippen LogP contribution in [0.2, 0.25) is 0 Å². The predicted octanol–water partition coefficient (Wildman–Crippen LogP) is -2.15. The normalized spacial score (nSPS) is 14.1. The van der Waals surface area contributed by atoms with Crippen molar-refractivity contribution < 1.29 is 82.1 Å². The molecule has 0 aliphatic carbocycles. The van der Waals surface area contributed by atoms with Crippen LogP contribution in [0.4, 0.5) is 0 Å². The summed E-state index contributed by atoms with van der Waals surface area (Å²) in [6, 6.07) is 5.51.